The van der Waals surface area contributed by atoms with Gasteiger partial charge in [0, 0.05) is 32.1 Å². The van der Waals surface area contributed by atoms with Crippen LogP contribution in [0.3, 0.4) is 0 Å². The molecule has 0 aliphatic carbocycles. The zero-order chi connectivity index (χ0) is 18.3. The number of urea groups is 1. The van der Waals surface area contributed by atoms with Crippen molar-refractivity contribution in [3.05, 3.63) is 23.8 Å². The van der Waals surface area contributed by atoms with Crippen molar-refractivity contribution in [2.75, 3.05) is 32.1 Å². The average molecular weight is 357 g/mol. The maximum atomic E-state index is 12.9. The Morgan fingerprint density at radius 1 is 1.27 bits per heavy atom. The minimum absolute atomic E-state index is 0.0702. The summed E-state index contributed by atoms with van der Waals surface area (Å²) in [4.78, 5) is 29.1. The van der Waals surface area contributed by atoms with Crippen molar-refractivity contribution in [2.24, 2.45) is 11.8 Å². The van der Waals surface area contributed by atoms with Crippen LogP contribution in [0.25, 0.3) is 0 Å². The maximum absolute atomic E-state index is 12.9. The summed E-state index contributed by atoms with van der Waals surface area (Å²) in [6.07, 6.45) is 3.87. The Morgan fingerprint density at radius 2 is 2.12 bits per heavy atom. The highest BCUT2D eigenvalue weighted by molar-refractivity contribution is 5.91. The summed E-state index contributed by atoms with van der Waals surface area (Å²) in [6.45, 7) is 4.24. The van der Waals surface area contributed by atoms with Crippen LogP contribution in [0, 0.1) is 18.8 Å². The van der Waals surface area contributed by atoms with E-state index in [1.54, 1.807) is 7.11 Å². The topological polar surface area (TPSA) is 61.9 Å². The lowest BCUT2D eigenvalue weighted by Gasteiger charge is -2.52. The van der Waals surface area contributed by atoms with E-state index in [-0.39, 0.29) is 6.03 Å². The normalized spacial score (nSPS) is 27.8. The molecule has 0 spiro atoms. The first-order chi connectivity index (χ1) is 12.5. The van der Waals surface area contributed by atoms with Crippen LogP contribution in [0.5, 0.6) is 5.75 Å². The van der Waals surface area contributed by atoms with Crippen molar-refractivity contribution in [3.63, 3.8) is 0 Å². The number of fused-ring (bicyclic) bond motifs is 4. The van der Waals surface area contributed by atoms with Gasteiger partial charge >= 0.3 is 6.03 Å². The number of piperidine rings is 3. The van der Waals surface area contributed by atoms with Gasteiger partial charge in [0.05, 0.1) is 12.8 Å². The maximum Gasteiger partial charge on any atom is 0.321 e. The Morgan fingerprint density at radius 3 is 2.92 bits per heavy atom. The fourth-order valence-electron chi connectivity index (χ4n) is 4.89. The Labute approximate surface area is 154 Å². The van der Waals surface area contributed by atoms with E-state index in [1.165, 1.54) is 0 Å². The molecule has 26 heavy (non-hydrogen) atoms. The van der Waals surface area contributed by atoms with Crippen LogP contribution in [-0.2, 0) is 4.79 Å². The number of nitrogens with zero attached hydrogens (tertiary/aromatic N) is 2. The number of rotatable bonds is 2. The standard InChI is InChI=1S/C20H27N3O3/c1-13-6-7-18(26-2)16(8-13)21-20(25)22-10-14-9-15(12-22)17-4-3-5-19(24)23(17)11-14/h6-8,14-15,17H,3-5,9-12H2,1-2H3,(H,21,25)/t14-,15-,17-/m1/s1. The highest BCUT2D eigenvalue weighted by atomic mass is 16.5. The van der Waals surface area contributed by atoms with Crippen LogP contribution in [0.2, 0.25) is 0 Å². The first-order valence-corrected chi connectivity index (χ1v) is 9.55. The molecule has 0 saturated carbocycles. The Balaban J connectivity index is 1.47. The molecule has 0 aromatic heterocycles. The van der Waals surface area contributed by atoms with Gasteiger partial charge < -0.3 is 19.9 Å². The zero-order valence-electron chi connectivity index (χ0n) is 15.5. The number of anilines is 1. The highest BCUT2D eigenvalue weighted by Gasteiger charge is 2.44. The van der Waals surface area contributed by atoms with E-state index < -0.39 is 0 Å². The minimum Gasteiger partial charge on any atom is -0.495 e. The molecular formula is C20H27N3O3. The van der Waals surface area contributed by atoms with E-state index in [2.05, 4.69) is 10.2 Å². The average Bonchev–Trinajstić information content (AvgIpc) is 2.63. The predicted octanol–water partition coefficient (Wildman–Crippen LogP) is 2.87. The van der Waals surface area contributed by atoms with E-state index in [1.807, 2.05) is 30.0 Å². The molecule has 1 aromatic rings. The third-order valence-electron chi connectivity index (χ3n) is 6.06. The number of methoxy groups -OCH3 is 1. The highest BCUT2D eigenvalue weighted by Crippen LogP contribution is 2.38. The summed E-state index contributed by atoms with van der Waals surface area (Å²) in [5.74, 6) is 1.76. The molecule has 4 rings (SSSR count). The molecule has 3 aliphatic rings. The minimum atomic E-state index is -0.0702. The molecule has 6 heteroatoms. The van der Waals surface area contributed by atoms with Crippen LogP contribution < -0.4 is 10.1 Å². The van der Waals surface area contributed by atoms with Crippen LogP contribution in [0.4, 0.5) is 10.5 Å². The number of nitrogens with one attached hydrogen (secondary N) is 1. The van der Waals surface area contributed by atoms with Crippen molar-refractivity contribution >= 4 is 17.6 Å². The lowest BCUT2D eigenvalue weighted by atomic mass is 9.76. The van der Waals surface area contributed by atoms with Crippen molar-refractivity contribution in [1.29, 1.82) is 0 Å². The van der Waals surface area contributed by atoms with Gasteiger partial charge in [0.2, 0.25) is 5.91 Å². The number of hydrogen-bond donors (Lipinski definition) is 1. The molecule has 3 aliphatic heterocycles. The quantitative estimate of drug-likeness (QED) is 0.885. The SMILES string of the molecule is COc1ccc(C)cc1NC(=O)N1C[C@H]2C[C@H](C1)[C@H]1CCCC(=O)N1C2. The van der Waals surface area contributed by atoms with Crippen LogP contribution in [0.1, 0.15) is 31.2 Å². The number of hydrogen-bond acceptors (Lipinski definition) is 3. The smallest absolute Gasteiger partial charge is 0.321 e. The van der Waals surface area contributed by atoms with E-state index in [0.29, 0.717) is 48.2 Å². The molecule has 1 aromatic carbocycles. The predicted molar refractivity (Wildman–Crippen MR) is 99.3 cm³/mol. The number of carbonyl (C=O) groups is 2. The molecule has 0 radical (unpaired) electrons. The lowest BCUT2D eigenvalue weighted by molar-refractivity contribution is -0.144. The second kappa shape index (κ2) is 6.82. The summed E-state index contributed by atoms with van der Waals surface area (Å²) in [7, 11) is 1.61. The number of amides is 3. The molecule has 3 fully saturated rings. The first kappa shape index (κ1) is 17.2. The first-order valence-electron chi connectivity index (χ1n) is 9.55. The number of benzene rings is 1. The van der Waals surface area contributed by atoms with Gasteiger partial charge in [-0.25, -0.2) is 4.79 Å². The van der Waals surface area contributed by atoms with E-state index in [9.17, 15) is 9.59 Å². The summed E-state index contributed by atoms with van der Waals surface area (Å²) in [6, 6.07) is 6.02. The van der Waals surface area contributed by atoms with Crippen molar-refractivity contribution in [1.82, 2.24) is 9.80 Å². The Kier molecular flexibility index (Phi) is 4.51. The second-order valence-electron chi connectivity index (χ2n) is 7.91. The molecule has 140 valence electrons. The van der Waals surface area contributed by atoms with Gasteiger partial charge in [-0.15, -0.1) is 0 Å². The van der Waals surface area contributed by atoms with Gasteiger partial charge in [-0.1, -0.05) is 6.07 Å². The fraction of sp³-hybridized carbons (Fsp3) is 0.600. The Hall–Kier alpha value is -2.24. The van der Waals surface area contributed by atoms with Gasteiger partial charge in [-0.2, -0.15) is 0 Å². The molecular weight excluding hydrogens is 330 g/mol. The largest absolute Gasteiger partial charge is 0.495 e. The van der Waals surface area contributed by atoms with Crippen LogP contribution in [-0.4, -0.2) is 54.5 Å². The fourth-order valence-corrected chi connectivity index (χ4v) is 4.89. The van der Waals surface area contributed by atoms with Gasteiger partial charge in [-0.05, 0) is 55.7 Å². The van der Waals surface area contributed by atoms with Crippen molar-refractivity contribution in [2.45, 2.75) is 38.6 Å². The molecule has 2 bridgehead atoms. The summed E-state index contributed by atoms with van der Waals surface area (Å²) >= 11 is 0. The van der Waals surface area contributed by atoms with Gasteiger partial charge in [-0.3, -0.25) is 4.79 Å². The molecule has 6 nitrogen and oxygen atoms in total. The van der Waals surface area contributed by atoms with Crippen LogP contribution in [0.15, 0.2) is 18.2 Å². The van der Waals surface area contributed by atoms with Crippen molar-refractivity contribution < 1.29 is 14.3 Å². The number of aryl methyl sites for hydroxylation is 1. The monoisotopic (exact) mass is 357 g/mol. The zero-order valence-corrected chi connectivity index (χ0v) is 15.5. The lowest BCUT2D eigenvalue weighted by Crippen LogP contribution is -2.61. The molecule has 3 atom stereocenters. The summed E-state index contributed by atoms with van der Waals surface area (Å²) in [5, 5.41) is 3.02. The molecule has 3 amide bonds. The molecule has 0 unspecified atom stereocenters. The number of ether oxygens (including phenoxy) is 1. The van der Waals surface area contributed by atoms with Gasteiger partial charge in [0.1, 0.15) is 5.75 Å². The molecule has 1 N–H and O–H groups in total. The third kappa shape index (κ3) is 3.13. The van der Waals surface area contributed by atoms with E-state index >= 15 is 0 Å². The van der Waals surface area contributed by atoms with Gasteiger partial charge in [0.25, 0.3) is 0 Å². The van der Waals surface area contributed by atoms with Crippen molar-refractivity contribution in [3.8, 4) is 5.75 Å². The third-order valence-corrected chi connectivity index (χ3v) is 6.06. The van der Waals surface area contributed by atoms with E-state index in [0.717, 1.165) is 37.9 Å². The molecule has 3 saturated heterocycles. The number of likely N-dealkylation sites (tertiary alicyclic amines) is 1. The van der Waals surface area contributed by atoms with Crippen LogP contribution >= 0.6 is 0 Å². The summed E-state index contributed by atoms with van der Waals surface area (Å²) < 4.78 is 5.37. The number of carbonyl (C=O) groups excluding carboxylic acids is 2. The Bertz CT molecular complexity index is 720. The van der Waals surface area contributed by atoms with E-state index in [4.69, 9.17) is 4.74 Å². The molecule has 3 heterocycles. The van der Waals surface area contributed by atoms with Gasteiger partial charge in [0.15, 0.2) is 0 Å². The summed E-state index contributed by atoms with van der Waals surface area (Å²) in [5.41, 5.74) is 1.79. The second-order valence-corrected chi connectivity index (χ2v) is 7.91.